The van der Waals surface area contributed by atoms with E-state index in [4.69, 9.17) is 9.47 Å². The lowest BCUT2D eigenvalue weighted by atomic mass is 10.2. The summed E-state index contributed by atoms with van der Waals surface area (Å²) in [6.07, 6.45) is 3.89. The third-order valence-corrected chi connectivity index (χ3v) is 5.55. The summed E-state index contributed by atoms with van der Waals surface area (Å²) in [5.74, 6) is 1.71. The average molecular weight is 396 g/mol. The molecule has 2 aromatic rings. The second kappa shape index (κ2) is 9.13. The fourth-order valence-electron chi connectivity index (χ4n) is 3.89. The minimum atomic E-state index is -0.0967. The number of para-hydroxylation sites is 2. The summed E-state index contributed by atoms with van der Waals surface area (Å²) >= 11 is 0. The molecule has 1 amide bonds. The molecule has 2 saturated heterocycles. The quantitative estimate of drug-likeness (QED) is 0.808. The molecule has 1 atom stereocenters. The summed E-state index contributed by atoms with van der Waals surface area (Å²) in [7, 11) is 1.71. The normalized spacial score (nSPS) is 19.3. The molecule has 1 aromatic heterocycles. The zero-order valence-electron chi connectivity index (χ0n) is 16.8. The lowest BCUT2D eigenvalue weighted by Crippen LogP contribution is -2.47. The third kappa shape index (κ3) is 4.62. The number of nitrogens with one attached hydrogen (secondary N) is 1. The van der Waals surface area contributed by atoms with Crippen molar-refractivity contribution in [3.63, 3.8) is 0 Å². The number of ether oxygens (including phenoxy) is 2. The second-order valence-corrected chi connectivity index (χ2v) is 7.40. The molecule has 0 spiro atoms. The Kier molecular flexibility index (Phi) is 6.14. The highest BCUT2D eigenvalue weighted by Crippen LogP contribution is 2.29. The molecule has 1 unspecified atom stereocenters. The first-order valence-electron chi connectivity index (χ1n) is 10.2. The second-order valence-electron chi connectivity index (χ2n) is 7.40. The van der Waals surface area contributed by atoms with Gasteiger partial charge < -0.3 is 24.6 Å². The van der Waals surface area contributed by atoms with Gasteiger partial charge in [-0.3, -0.25) is 4.79 Å². The number of pyridine rings is 1. The number of hydrogen-bond donors (Lipinski definition) is 1. The van der Waals surface area contributed by atoms with Crippen molar-refractivity contribution in [3.05, 3.63) is 48.2 Å². The van der Waals surface area contributed by atoms with Crippen molar-refractivity contribution in [1.82, 2.24) is 10.3 Å². The zero-order valence-corrected chi connectivity index (χ0v) is 16.8. The number of anilines is 2. The number of aromatic nitrogens is 1. The minimum Gasteiger partial charge on any atom is -0.495 e. The van der Waals surface area contributed by atoms with Crippen LogP contribution in [0.1, 0.15) is 23.2 Å². The van der Waals surface area contributed by atoms with Crippen molar-refractivity contribution >= 4 is 17.4 Å². The molecule has 0 aliphatic carbocycles. The molecular weight excluding hydrogens is 368 g/mol. The first kappa shape index (κ1) is 19.5. The minimum absolute atomic E-state index is 0.0967. The van der Waals surface area contributed by atoms with Gasteiger partial charge in [-0.05, 0) is 37.1 Å². The number of benzene rings is 1. The number of carbonyl (C=O) groups excluding carboxylic acids is 1. The highest BCUT2D eigenvalue weighted by atomic mass is 16.5. The predicted molar refractivity (Wildman–Crippen MR) is 113 cm³/mol. The van der Waals surface area contributed by atoms with Crippen LogP contribution >= 0.6 is 0 Å². The number of nitrogens with zero attached hydrogens (tertiary/aromatic N) is 3. The van der Waals surface area contributed by atoms with Gasteiger partial charge in [0.05, 0.1) is 24.5 Å². The van der Waals surface area contributed by atoms with Crippen molar-refractivity contribution in [1.29, 1.82) is 0 Å². The highest BCUT2D eigenvalue weighted by molar-refractivity contribution is 5.94. The molecule has 0 radical (unpaired) electrons. The summed E-state index contributed by atoms with van der Waals surface area (Å²) < 4.78 is 11.0. The Bertz CT molecular complexity index is 813. The lowest BCUT2D eigenvalue weighted by molar-refractivity contribution is 0.0857. The van der Waals surface area contributed by atoms with Crippen LogP contribution in [-0.2, 0) is 4.74 Å². The van der Waals surface area contributed by atoms with Gasteiger partial charge in [-0.15, -0.1) is 0 Å². The van der Waals surface area contributed by atoms with Gasteiger partial charge in [-0.1, -0.05) is 12.1 Å². The van der Waals surface area contributed by atoms with Crippen molar-refractivity contribution in [2.45, 2.75) is 18.9 Å². The predicted octanol–water partition coefficient (Wildman–Crippen LogP) is 2.33. The van der Waals surface area contributed by atoms with Gasteiger partial charge in [-0.2, -0.15) is 0 Å². The van der Waals surface area contributed by atoms with Crippen LogP contribution in [0.2, 0.25) is 0 Å². The molecule has 0 bridgehead atoms. The molecule has 0 saturated carbocycles. The van der Waals surface area contributed by atoms with Crippen molar-refractivity contribution in [2.75, 3.05) is 56.2 Å². The molecule has 1 N–H and O–H groups in total. The van der Waals surface area contributed by atoms with Gasteiger partial charge in [-0.25, -0.2) is 4.98 Å². The topological polar surface area (TPSA) is 66.9 Å². The van der Waals surface area contributed by atoms with Gasteiger partial charge in [0.1, 0.15) is 11.6 Å². The van der Waals surface area contributed by atoms with Crippen molar-refractivity contribution in [2.24, 2.45) is 0 Å². The van der Waals surface area contributed by atoms with Gasteiger partial charge in [0.15, 0.2) is 0 Å². The third-order valence-electron chi connectivity index (χ3n) is 5.55. The molecule has 7 heteroatoms. The van der Waals surface area contributed by atoms with Gasteiger partial charge >= 0.3 is 0 Å². The fraction of sp³-hybridized carbons (Fsp3) is 0.455. The molecule has 2 aliphatic rings. The highest BCUT2D eigenvalue weighted by Gasteiger charge is 2.21. The van der Waals surface area contributed by atoms with Crippen LogP contribution in [0.25, 0.3) is 0 Å². The van der Waals surface area contributed by atoms with E-state index in [1.54, 1.807) is 13.3 Å². The average Bonchev–Trinajstić information content (AvgIpc) is 3.31. The van der Waals surface area contributed by atoms with Crippen molar-refractivity contribution in [3.8, 4) is 5.75 Å². The Balaban J connectivity index is 1.31. The van der Waals surface area contributed by atoms with Crippen LogP contribution < -0.4 is 19.9 Å². The van der Waals surface area contributed by atoms with Gasteiger partial charge in [0, 0.05) is 45.5 Å². The van der Waals surface area contributed by atoms with E-state index < -0.39 is 0 Å². The summed E-state index contributed by atoms with van der Waals surface area (Å²) in [6.45, 7) is 4.88. The number of piperazine rings is 1. The molecule has 3 heterocycles. The number of amides is 1. The Labute approximate surface area is 171 Å². The fourth-order valence-corrected chi connectivity index (χ4v) is 3.89. The molecule has 29 heavy (non-hydrogen) atoms. The molecule has 1 aromatic carbocycles. The van der Waals surface area contributed by atoms with E-state index in [-0.39, 0.29) is 12.0 Å². The van der Waals surface area contributed by atoms with E-state index in [0.717, 1.165) is 62.9 Å². The van der Waals surface area contributed by atoms with Gasteiger partial charge in [0.2, 0.25) is 0 Å². The monoisotopic (exact) mass is 396 g/mol. The van der Waals surface area contributed by atoms with E-state index in [0.29, 0.717) is 12.1 Å². The number of rotatable bonds is 6. The summed E-state index contributed by atoms with van der Waals surface area (Å²) in [5.41, 5.74) is 1.71. The molecule has 2 fully saturated rings. The lowest BCUT2D eigenvalue weighted by Gasteiger charge is -2.37. The van der Waals surface area contributed by atoms with E-state index in [9.17, 15) is 4.79 Å². The largest absolute Gasteiger partial charge is 0.495 e. The zero-order chi connectivity index (χ0) is 20.1. The molecule has 2 aliphatic heterocycles. The smallest absolute Gasteiger partial charge is 0.252 e. The Hall–Kier alpha value is -2.80. The molecule has 154 valence electrons. The molecular formula is C22H28N4O3. The van der Waals surface area contributed by atoms with Crippen LogP contribution in [0.3, 0.4) is 0 Å². The van der Waals surface area contributed by atoms with E-state index >= 15 is 0 Å². The van der Waals surface area contributed by atoms with Crippen LogP contribution in [-0.4, -0.2) is 63.4 Å². The number of methoxy groups -OCH3 is 1. The van der Waals surface area contributed by atoms with E-state index in [1.807, 2.05) is 30.3 Å². The maximum absolute atomic E-state index is 12.3. The number of carbonyl (C=O) groups is 1. The van der Waals surface area contributed by atoms with Crippen molar-refractivity contribution < 1.29 is 14.3 Å². The van der Waals surface area contributed by atoms with E-state index in [1.165, 1.54) is 0 Å². The summed E-state index contributed by atoms with van der Waals surface area (Å²) in [6, 6.07) is 11.9. The Morgan fingerprint density at radius 1 is 1.17 bits per heavy atom. The van der Waals surface area contributed by atoms with E-state index in [2.05, 4.69) is 26.2 Å². The van der Waals surface area contributed by atoms with Crippen LogP contribution in [0, 0.1) is 0 Å². The first-order chi connectivity index (χ1) is 14.2. The van der Waals surface area contributed by atoms with Crippen LogP contribution in [0.5, 0.6) is 5.75 Å². The molecule has 4 rings (SSSR count). The summed E-state index contributed by atoms with van der Waals surface area (Å²) in [5, 5.41) is 2.94. The van der Waals surface area contributed by atoms with Gasteiger partial charge in [0.25, 0.3) is 5.91 Å². The SMILES string of the molecule is COc1ccccc1N1CCN(c2ccc(C(=O)NCC3CCCO3)cn2)CC1. The standard InChI is InChI=1S/C22H28N4O3/c1-28-20-7-3-2-6-19(20)25-10-12-26(13-11-25)21-9-8-17(15-23-21)22(27)24-16-18-5-4-14-29-18/h2-3,6-9,15,18H,4-5,10-14,16H2,1H3,(H,24,27). The Morgan fingerprint density at radius 2 is 1.97 bits per heavy atom. The maximum atomic E-state index is 12.3. The maximum Gasteiger partial charge on any atom is 0.252 e. The van der Waals surface area contributed by atoms with Crippen LogP contribution in [0.4, 0.5) is 11.5 Å². The number of hydrogen-bond acceptors (Lipinski definition) is 6. The first-order valence-corrected chi connectivity index (χ1v) is 10.2. The molecule has 7 nitrogen and oxygen atoms in total. The summed E-state index contributed by atoms with van der Waals surface area (Å²) in [4.78, 5) is 21.4. The Morgan fingerprint density at radius 3 is 2.66 bits per heavy atom. The van der Waals surface area contributed by atoms with Crippen LogP contribution in [0.15, 0.2) is 42.6 Å².